The third-order valence-corrected chi connectivity index (χ3v) is 3.73. The number of nitrogens with one attached hydrogen (secondary N) is 1. The maximum atomic E-state index is 12.3. The minimum Gasteiger partial charge on any atom is -0.480 e. The summed E-state index contributed by atoms with van der Waals surface area (Å²) in [5.74, 6) is -1.11. The highest BCUT2D eigenvalue weighted by Gasteiger charge is 2.37. The molecule has 102 valence electrons. The maximum Gasteiger partial charge on any atom is 0.326 e. The van der Waals surface area contributed by atoms with Gasteiger partial charge in [0.05, 0.1) is 12.1 Å². The Hall–Kier alpha value is -1.14. The minimum absolute atomic E-state index is 0.180. The van der Waals surface area contributed by atoms with Gasteiger partial charge in [0.2, 0.25) is 5.91 Å². The van der Waals surface area contributed by atoms with E-state index in [0.29, 0.717) is 25.9 Å². The molecule has 0 aromatic heterocycles. The average Bonchev–Trinajstić information content (AvgIpc) is 2.63. The van der Waals surface area contributed by atoms with Gasteiger partial charge in [0.1, 0.15) is 6.04 Å². The Morgan fingerprint density at radius 1 is 1.22 bits per heavy atom. The number of hydrogen-bond acceptors (Lipinski definition) is 4. The van der Waals surface area contributed by atoms with Crippen molar-refractivity contribution in [3.8, 4) is 0 Å². The lowest BCUT2D eigenvalue weighted by atomic mass is 10.1. The average molecular weight is 256 g/mol. The number of β-amino-alcohol motifs (C(OH)–C–C–N with tert-alkyl or cyclic N) is 1. The number of carboxylic acid groups (broad SMARTS) is 1. The van der Waals surface area contributed by atoms with E-state index in [4.69, 9.17) is 0 Å². The van der Waals surface area contributed by atoms with Gasteiger partial charge >= 0.3 is 5.97 Å². The van der Waals surface area contributed by atoms with Crippen LogP contribution in [0.15, 0.2) is 0 Å². The summed E-state index contributed by atoms with van der Waals surface area (Å²) < 4.78 is 0. The molecule has 0 spiro atoms. The molecule has 0 bridgehead atoms. The normalized spacial score (nSPS) is 33.2. The predicted molar refractivity (Wildman–Crippen MR) is 64.0 cm³/mol. The quantitative estimate of drug-likeness (QED) is 0.623. The topological polar surface area (TPSA) is 89.9 Å². The van der Waals surface area contributed by atoms with Crippen molar-refractivity contribution in [3.05, 3.63) is 0 Å². The monoisotopic (exact) mass is 256 g/mol. The van der Waals surface area contributed by atoms with Crippen LogP contribution in [0.4, 0.5) is 0 Å². The fraction of sp³-hybridized carbons (Fsp3) is 0.833. The summed E-state index contributed by atoms with van der Waals surface area (Å²) in [6.45, 7) is 0.909. The summed E-state index contributed by atoms with van der Waals surface area (Å²) in [7, 11) is 0. The van der Waals surface area contributed by atoms with Crippen LogP contribution >= 0.6 is 0 Å². The SMILES string of the molecule is O=C(O)C1CCCCCN1C(=O)C1CC(O)CN1. The van der Waals surface area contributed by atoms with Crippen molar-refractivity contribution < 1.29 is 19.8 Å². The van der Waals surface area contributed by atoms with E-state index in [1.165, 1.54) is 4.90 Å². The van der Waals surface area contributed by atoms with Gasteiger partial charge in [-0.3, -0.25) is 4.79 Å². The molecule has 0 saturated carbocycles. The minimum atomic E-state index is -0.927. The van der Waals surface area contributed by atoms with Crippen molar-refractivity contribution in [1.82, 2.24) is 10.2 Å². The summed E-state index contributed by atoms with van der Waals surface area (Å²) >= 11 is 0. The zero-order valence-electron chi connectivity index (χ0n) is 10.3. The molecule has 0 aliphatic carbocycles. The number of hydrogen-bond donors (Lipinski definition) is 3. The van der Waals surface area contributed by atoms with Crippen LogP contribution in [0.2, 0.25) is 0 Å². The fourth-order valence-corrected chi connectivity index (χ4v) is 2.73. The Morgan fingerprint density at radius 2 is 2.00 bits per heavy atom. The van der Waals surface area contributed by atoms with Crippen molar-refractivity contribution in [2.24, 2.45) is 0 Å². The Bertz CT molecular complexity index is 334. The van der Waals surface area contributed by atoms with Gasteiger partial charge in [-0.1, -0.05) is 12.8 Å². The molecule has 2 heterocycles. The van der Waals surface area contributed by atoms with Crippen LogP contribution in [0.25, 0.3) is 0 Å². The van der Waals surface area contributed by atoms with E-state index >= 15 is 0 Å². The molecule has 2 aliphatic heterocycles. The number of aliphatic hydroxyl groups excluding tert-OH is 1. The van der Waals surface area contributed by atoms with E-state index in [9.17, 15) is 19.8 Å². The van der Waals surface area contributed by atoms with Crippen LogP contribution < -0.4 is 5.32 Å². The predicted octanol–water partition coefficient (Wildman–Crippen LogP) is -0.435. The molecule has 3 atom stereocenters. The first kappa shape index (κ1) is 13.3. The molecule has 2 aliphatic rings. The van der Waals surface area contributed by atoms with Gasteiger partial charge in [-0.05, 0) is 19.3 Å². The van der Waals surface area contributed by atoms with Crippen LogP contribution in [0, 0.1) is 0 Å². The number of amides is 1. The molecule has 3 N–H and O–H groups in total. The summed E-state index contributed by atoms with van der Waals surface area (Å²) in [5.41, 5.74) is 0. The molecule has 0 aromatic carbocycles. The number of carbonyl (C=O) groups excluding carboxylic acids is 1. The zero-order valence-corrected chi connectivity index (χ0v) is 10.3. The maximum absolute atomic E-state index is 12.3. The Labute approximate surface area is 106 Å². The van der Waals surface area contributed by atoms with E-state index in [1.807, 2.05) is 0 Å². The molecule has 2 rings (SSSR count). The van der Waals surface area contributed by atoms with E-state index in [-0.39, 0.29) is 5.91 Å². The van der Waals surface area contributed by atoms with Gasteiger partial charge in [0.15, 0.2) is 0 Å². The Morgan fingerprint density at radius 3 is 2.61 bits per heavy atom. The summed E-state index contributed by atoms with van der Waals surface area (Å²) in [5, 5.41) is 21.6. The number of nitrogens with zero attached hydrogens (tertiary/aromatic N) is 1. The van der Waals surface area contributed by atoms with Gasteiger partial charge in [0, 0.05) is 13.1 Å². The van der Waals surface area contributed by atoms with Gasteiger partial charge in [0.25, 0.3) is 0 Å². The molecular weight excluding hydrogens is 236 g/mol. The van der Waals surface area contributed by atoms with E-state index in [0.717, 1.165) is 19.3 Å². The van der Waals surface area contributed by atoms with Crippen molar-refractivity contribution >= 4 is 11.9 Å². The summed E-state index contributed by atoms with van der Waals surface area (Å²) in [4.78, 5) is 25.0. The first-order valence-electron chi connectivity index (χ1n) is 6.54. The highest BCUT2D eigenvalue weighted by atomic mass is 16.4. The fourth-order valence-electron chi connectivity index (χ4n) is 2.73. The number of carboxylic acids is 1. The second-order valence-corrected chi connectivity index (χ2v) is 5.09. The van der Waals surface area contributed by atoms with E-state index in [1.54, 1.807) is 0 Å². The zero-order chi connectivity index (χ0) is 13.1. The molecule has 0 aromatic rings. The first-order chi connectivity index (χ1) is 8.59. The third-order valence-electron chi connectivity index (χ3n) is 3.73. The summed E-state index contributed by atoms with van der Waals surface area (Å²) in [6.07, 6.45) is 3.06. The van der Waals surface area contributed by atoms with Crippen molar-refractivity contribution in [2.45, 2.75) is 50.3 Å². The highest BCUT2D eigenvalue weighted by Crippen LogP contribution is 2.20. The molecule has 2 fully saturated rings. The van der Waals surface area contributed by atoms with Crippen LogP contribution in [0.5, 0.6) is 0 Å². The second-order valence-electron chi connectivity index (χ2n) is 5.09. The Balaban J connectivity index is 2.07. The molecule has 3 unspecified atom stereocenters. The smallest absolute Gasteiger partial charge is 0.326 e. The number of likely N-dealkylation sites (tertiary alicyclic amines) is 1. The van der Waals surface area contributed by atoms with Gasteiger partial charge < -0.3 is 20.4 Å². The van der Waals surface area contributed by atoms with Gasteiger partial charge in [-0.15, -0.1) is 0 Å². The molecule has 6 heteroatoms. The first-order valence-corrected chi connectivity index (χ1v) is 6.54. The van der Waals surface area contributed by atoms with Crippen LogP contribution in [0.3, 0.4) is 0 Å². The molecule has 0 radical (unpaired) electrons. The molecular formula is C12H20N2O4. The van der Waals surface area contributed by atoms with Crippen molar-refractivity contribution in [2.75, 3.05) is 13.1 Å². The lowest BCUT2D eigenvalue weighted by Gasteiger charge is -2.29. The van der Waals surface area contributed by atoms with Gasteiger partial charge in [-0.25, -0.2) is 4.79 Å². The van der Waals surface area contributed by atoms with Crippen molar-refractivity contribution in [3.63, 3.8) is 0 Å². The van der Waals surface area contributed by atoms with Crippen LogP contribution in [0.1, 0.15) is 32.1 Å². The molecule has 18 heavy (non-hydrogen) atoms. The van der Waals surface area contributed by atoms with Gasteiger partial charge in [-0.2, -0.15) is 0 Å². The lowest BCUT2D eigenvalue weighted by Crippen LogP contribution is -2.51. The number of carbonyl (C=O) groups is 2. The third kappa shape index (κ3) is 2.81. The largest absolute Gasteiger partial charge is 0.480 e. The van der Waals surface area contributed by atoms with E-state index < -0.39 is 24.2 Å². The summed E-state index contributed by atoms with van der Waals surface area (Å²) in [6, 6.07) is -1.14. The number of aliphatic carboxylic acids is 1. The molecule has 2 saturated heterocycles. The lowest BCUT2D eigenvalue weighted by molar-refractivity contribution is -0.151. The molecule has 6 nitrogen and oxygen atoms in total. The second kappa shape index (κ2) is 5.67. The number of aliphatic hydroxyl groups is 1. The number of rotatable bonds is 2. The standard InChI is InChI=1S/C12H20N2O4/c15-8-6-9(13-7-8)11(16)14-5-3-1-2-4-10(14)12(17)18/h8-10,13,15H,1-7H2,(H,17,18). The van der Waals surface area contributed by atoms with Crippen LogP contribution in [-0.2, 0) is 9.59 Å². The van der Waals surface area contributed by atoms with E-state index in [2.05, 4.69) is 5.32 Å². The van der Waals surface area contributed by atoms with Crippen LogP contribution in [-0.4, -0.2) is 58.3 Å². The highest BCUT2D eigenvalue weighted by molar-refractivity contribution is 5.87. The van der Waals surface area contributed by atoms with Crippen molar-refractivity contribution in [1.29, 1.82) is 0 Å². The molecule has 1 amide bonds. The Kier molecular flexibility index (Phi) is 4.19.